The quantitative estimate of drug-likeness (QED) is 0.0452. The van der Waals surface area contributed by atoms with E-state index in [1.807, 2.05) is 6.92 Å². The van der Waals surface area contributed by atoms with Crippen LogP contribution in [0.25, 0.3) is 0 Å². The summed E-state index contributed by atoms with van der Waals surface area (Å²) < 4.78 is 0. The van der Waals surface area contributed by atoms with Gasteiger partial charge in [0.15, 0.2) is 6.10 Å². The zero-order chi connectivity index (χ0) is 75.8. The summed E-state index contributed by atoms with van der Waals surface area (Å²) in [5, 5.41) is 91.8. The van der Waals surface area contributed by atoms with Gasteiger partial charge in [0.1, 0.15) is 66.5 Å². The number of nitrogens with two attached hydrogens (primary N) is 2. The molecule has 14 amide bonds. The molecular weight excluding hydrogens is 1300 g/mol. The van der Waals surface area contributed by atoms with E-state index in [0.717, 1.165) is 43.0 Å². The summed E-state index contributed by atoms with van der Waals surface area (Å²) in [6, 6.07) is -20.7. The Bertz CT molecular complexity index is 2790. The fraction of sp³-hybridized carbons (Fsp3) is 0.785. The summed E-state index contributed by atoms with van der Waals surface area (Å²) in [5.74, 6) is -19.4. The van der Waals surface area contributed by atoms with E-state index >= 15 is 0 Å². The maximum absolute atomic E-state index is 14.8. The summed E-state index contributed by atoms with van der Waals surface area (Å²) >= 11 is 0. The van der Waals surface area contributed by atoms with Crippen LogP contribution in [0, 0.1) is 29.6 Å². The van der Waals surface area contributed by atoms with Crippen LogP contribution in [0.3, 0.4) is 0 Å². The Balaban J connectivity index is 3.01. The first-order valence-electron chi connectivity index (χ1n) is 34.3. The molecule has 2 heterocycles. The molecular formula is C65H114N14O20. The number of carbonyl (C=O) groups is 14. The van der Waals surface area contributed by atoms with Crippen LogP contribution in [0.4, 0.5) is 0 Å². The molecule has 2 rings (SSSR count). The fourth-order valence-corrected chi connectivity index (χ4v) is 11.4. The number of amides is 14. The van der Waals surface area contributed by atoms with E-state index in [-0.39, 0.29) is 25.2 Å². The number of nitrogens with zero attached hydrogens (tertiary/aromatic N) is 2. The van der Waals surface area contributed by atoms with Crippen LogP contribution in [0.5, 0.6) is 0 Å². The van der Waals surface area contributed by atoms with Crippen LogP contribution in [0.15, 0.2) is 0 Å². The van der Waals surface area contributed by atoms with Crippen molar-refractivity contribution in [1.82, 2.24) is 63.0 Å². The average Bonchev–Trinajstić information content (AvgIpc) is 1.78. The number of fused-ring (bicyclic) bond motifs is 1. The van der Waals surface area contributed by atoms with Gasteiger partial charge in [0.2, 0.25) is 82.7 Å². The van der Waals surface area contributed by atoms with Crippen molar-refractivity contribution in [1.29, 1.82) is 0 Å². The molecule has 34 nitrogen and oxygen atoms in total. The molecule has 0 bridgehead atoms. The molecule has 20 N–H and O–H groups in total. The molecule has 2 aliphatic heterocycles. The number of primary amides is 2. The van der Waals surface area contributed by atoms with Gasteiger partial charge in [-0.2, -0.15) is 0 Å². The molecule has 19 atom stereocenters. The minimum absolute atomic E-state index is 0.0874. The molecule has 2 aliphatic rings. The Morgan fingerprint density at radius 2 is 1.01 bits per heavy atom. The van der Waals surface area contributed by atoms with Gasteiger partial charge in [0, 0.05) is 38.9 Å². The molecule has 564 valence electrons. The number of hydrogen-bond donors (Lipinski definition) is 18. The number of carbonyl (C=O) groups excluding carboxylic acids is 14. The van der Waals surface area contributed by atoms with Gasteiger partial charge >= 0.3 is 0 Å². The molecule has 99 heavy (non-hydrogen) atoms. The first-order valence-corrected chi connectivity index (χ1v) is 34.3. The van der Waals surface area contributed by atoms with Gasteiger partial charge in [-0.15, -0.1) is 0 Å². The Morgan fingerprint density at radius 3 is 1.52 bits per heavy atom. The van der Waals surface area contributed by atoms with Crippen molar-refractivity contribution in [3.63, 3.8) is 0 Å². The minimum atomic E-state index is -2.60. The van der Waals surface area contributed by atoms with Gasteiger partial charge in [0.25, 0.3) is 0 Å². The summed E-state index contributed by atoms with van der Waals surface area (Å²) in [7, 11) is 1.09. The van der Waals surface area contributed by atoms with Crippen LogP contribution in [-0.2, 0) is 67.1 Å². The highest BCUT2D eigenvalue weighted by molar-refractivity contribution is 6.01. The minimum Gasteiger partial charge on any atom is -0.391 e. The molecule has 0 radical (unpaired) electrons. The van der Waals surface area contributed by atoms with Crippen molar-refractivity contribution >= 4 is 82.7 Å². The number of likely N-dealkylation sites (N-methyl/N-ethyl adjacent to an activating group) is 1. The number of nitrogens with one attached hydrogen (secondary N) is 10. The van der Waals surface area contributed by atoms with Crippen molar-refractivity contribution in [3.05, 3.63) is 0 Å². The van der Waals surface area contributed by atoms with E-state index in [2.05, 4.69) is 53.2 Å². The molecule has 34 heteroatoms. The SMILES string of the molecule is CCCCCCC[C@@H]1CC(=O)N[C@@H](C(C)C)C(=O)N[C@@H]([C@@H](O)C(C)C)C(=O)NC(C)C(=O)N[C@H](C(O)C(C)C)C(=O)NC(CCC(N)=O)C(=O)N(C)C([C@@H](C)CC)C(=O)N[C@H]([C@@H](O)C(N)=O)C(=O)N[C@@H]([C@@H](C)O)C(=O)N2C[C@H](O)C[C@H]2C(=O)NC(CC(C)C)C(=O)N[C@@H](C(C)O)C(=O)N1. The summed E-state index contributed by atoms with van der Waals surface area (Å²) in [6.45, 7) is 20.4. The number of aliphatic hydroxyl groups excluding tert-OH is 6. The molecule has 0 aliphatic carbocycles. The highest BCUT2D eigenvalue weighted by atomic mass is 16.3. The third-order valence-corrected chi connectivity index (χ3v) is 17.7. The number of unbranched alkanes of at least 4 members (excludes halogenated alkanes) is 4. The van der Waals surface area contributed by atoms with Gasteiger partial charge in [-0.3, -0.25) is 67.1 Å². The lowest BCUT2D eigenvalue weighted by molar-refractivity contribution is -0.148. The average molecular weight is 1410 g/mol. The van der Waals surface area contributed by atoms with Gasteiger partial charge in [-0.1, -0.05) is 115 Å². The number of rotatable bonds is 22. The van der Waals surface area contributed by atoms with Crippen molar-refractivity contribution < 1.29 is 97.8 Å². The van der Waals surface area contributed by atoms with Crippen molar-refractivity contribution in [2.24, 2.45) is 41.1 Å². The second kappa shape index (κ2) is 41.2. The Kier molecular flexibility index (Phi) is 36.4. The number of aliphatic hydroxyl groups is 6. The smallest absolute Gasteiger partial charge is 0.248 e. The standard InChI is InChI=1S/C65H114N14O20/c1-16-18-19-20-21-22-37-26-43(84)72-44(30(5)6)58(92)76-47(51(85)31(7)8)60(94)68-34(12)55(89)75-48(52(86)32(9)10)61(95)70-39(23-24-42(66)83)64(98)78(15)50(33(11)17-2)63(97)77-49(53(87)54(67)88)62(96)74-46(36(14)81)65(99)79-28-38(82)27-41(79)57(91)71-40(25-29(3)4)56(90)73-45(35(13)80)59(93)69-37/h29-41,44-53,80-82,85-87H,16-28H2,1-15H3,(H2,66,83)(H2,67,88)(H,68,94)(H,69,93)(H,70,95)(H,71,91)(H,72,84)(H,73,90)(H,74,96)(H,75,89)(H,76,92)(H,77,97)/t33-,34?,35?,36+,37+,38+,39?,40?,41-,44-,45-,46-,47-,48+,49+,50?,51-,52?,53+/m0/s1. The summed E-state index contributed by atoms with van der Waals surface area (Å²) in [6.07, 6.45) is -9.06. The predicted octanol–water partition coefficient (Wildman–Crippen LogP) is -4.94. The molecule has 0 aromatic carbocycles. The van der Waals surface area contributed by atoms with Gasteiger partial charge in [-0.05, 0) is 69.6 Å². The molecule has 2 saturated heterocycles. The van der Waals surface area contributed by atoms with E-state index in [1.54, 1.807) is 34.6 Å². The van der Waals surface area contributed by atoms with E-state index in [0.29, 0.717) is 12.8 Å². The summed E-state index contributed by atoms with van der Waals surface area (Å²) in [5.41, 5.74) is 11.0. The molecule has 0 saturated carbocycles. The normalized spacial score (nSPS) is 28.5. The zero-order valence-corrected chi connectivity index (χ0v) is 59.9. The van der Waals surface area contributed by atoms with E-state index in [4.69, 9.17) is 11.5 Å². The third-order valence-electron chi connectivity index (χ3n) is 17.7. The van der Waals surface area contributed by atoms with Crippen molar-refractivity contribution in [3.8, 4) is 0 Å². The predicted molar refractivity (Wildman–Crippen MR) is 358 cm³/mol. The second-order valence-corrected chi connectivity index (χ2v) is 27.8. The topological polar surface area (TPSA) is 539 Å². The van der Waals surface area contributed by atoms with Crippen LogP contribution < -0.4 is 64.6 Å². The third kappa shape index (κ3) is 26.8. The monoisotopic (exact) mass is 1410 g/mol. The van der Waals surface area contributed by atoms with Crippen molar-refractivity contribution in [2.75, 3.05) is 13.6 Å². The van der Waals surface area contributed by atoms with Crippen LogP contribution in [0.1, 0.15) is 174 Å². The van der Waals surface area contributed by atoms with Crippen LogP contribution in [0.2, 0.25) is 0 Å². The van der Waals surface area contributed by atoms with Gasteiger partial charge in [-0.25, -0.2) is 0 Å². The van der Waals surface area contributed by atoms with Crippen LogP contribution in [-0.4, -0.2) is 246 Å². The Hall–Kier alpha value is -7.66. The van der Waals surface area contributed by atoms with E-state index in [9.17, 15) is 97.8 Å². The zero-order valence-electron chi connectivity index (χ0n) is 59.9. The summed E-state index contributed by atoms with van der Waals surface area (Å²) in [4.78, 5) is 199. The fourth-order valence-electron chi connectivity index (χ4n) is 11.4. The lowest BCUT2D eigenvalue weighted by Crippen LogP contribution is -2.65. The van der Waals surface area contributed by atoms with Crippen LogP contribution >= 0.6 is 0 Å². The maximum atomic E-state index is 14.8. The largest absolute Gasteiger partial charge is 0.391 e. The van der Waals surface area contributed by atoms with Crippen molar-refractivity contribution in [2.45, 2.75) is 283 Å². The lowest BCUT2D eigenvalue weighted by Gasteiger charge is -2.36. The maximum Gasteiger partial charge on any atom is 0.248 e. The van der Waals surface area contributed by atoms with Gasteiger partial charge < -0.3 is 105 Å². The highest BCUT2D eigenvalue weighted by Gasteiger charge is 2.47. The molecule has 0 aromatic rings. The second-order valence-electron chi connectivity index (χ2n) is 27.8. The first kappa shape index (κ1) is 87.4. The first-order chi connectivity index (χ1) is 46.0. The van der Waals surface area contributed by atoms with E-state index in [1.165, 1.54) is 48.5 Å². The molecule has 2 fully saturated rings. The van der Waals surface area contributed by atoms with E-state index < -0.39 is 248 Å². The lowest BCUT2D eigenvalue weighted by atomic mass is 9.94. The molecule has 0 spiro atoms. The molecule has 0 aromatic heterocycles. The number of hydrogen-bond acceptors (Lipinski definition) is 20. The molecule has 6 unspecified atom stereocenters. The van der Waals surface area contributed by atoms with Gasteiger partial charge in [0.05, 0.1) is 30.5 Å². The Labute approximate surface area is 579 Å². The Morgan fingerprint density at radius 1 is 0.525 bits per heavy atom. The highest BCUT2D eigenvalue weighted by Crippen LogP contribution is 2.23.